The molecule has 0 spiro atoms. The highest BCUT2D eigenvalue weighted by molar-refractivity contribution is 5.80. The van der Waals surface area contributed by atoms with Crippen molar-refractivity contribution in [3.63, 3.8) is 0 Å². The van der Waals surface area contributed by atoms with Crippen LogP contribution >= 0.6 is 0 Å². The topological polar surface area (TPSA) is 37.3 Å². The van der Waals surface area contributed by atoms with Crippen LogP contribution < -0.4 is 0 Å². The van der Waals surface area contributed by atoms with Crippen molar-refractivity contribution in [3.05, 3.63) is 35.4 Å². The molecule has 2 nitrogen and oxygen atoms in total. The zero-order valence-corrected chi connectivity index (χ0v) is 8.46. The van der Waals surface area contributed by atoms with E-state index >= 15 is 0 Å². The van der Waals surface area contributed by atoms with Gasteiger partial charge in [0.25, 0.3) is 0 Å². The predicted octanol–water partition coefficient (Wildman–Crippen LogP) is 2.47. The van der Waals surface area contributed by atoms with E-state index in [0.29, 0.717) is 24.8 Å². The SMILES string of the molecule is O=C(O)C12CC(c3cc(F)cc(F)c3)(C1)C2. The first-order chi connectivity index (χ1) is 7.46. The van der Waals surface area contributed by atoms with E-state index in [4.69, 9.17) is 5.11 Å². The first kappa shape index (κ1) is 9.75. The third-order valence-electron chi connectivity index (χ3n) is 3.96. The Hall–Kier alpha value is -1.45. The summed E-state index contributed by atoms with van der Waals surface area (Å²) < 4.78 is 26.1. The molecule has 0 radical (unpaired) electrons. The minimum absolute atomic E-state index is 0.276. The second-order valence-corrected chi connectivity index (χ2v) is 5.05. The molecule has 4 heteroatoms. The monoisotopic (exact) mass is 224 g/mol. The molecule has 3 aliphatic rings. The van der Waals surface area contributed by atoms with Crippen LogP contribution in [0.1, 0.15) is 24.8 Å². The van der Waals surface area contributed by atoms with E-state index in [2.05, 4.69) is 0 Å². The molecule has 0 aromatic heterocycles. The van der Waals surface area contributed by atoms with Crippen LogP contribution in [0.25, 0.3) is 0 Å². The summed E-state index contributed by atoms with van der Waals surface area (Å²) >= 11 is 0. The first-order valence-corrected chi connectivity index (χ1v) is 5.16. The van der Waals surface area contributed by atoms with Crippen molar-refractivity contribution < 1.29 is 18.7 Å². The van der Waals surface area contributed by atoms with Gasteiger partial charge in [-0.1, -0.05) is 0 Å². The molecule has 0 heterocycles. The van der Waals surface area contributed by atoms with Crippen molar-refractivity contribution in [2.24, 2.45) is 5.41 Å². The van der Waals surface area contributed by atoms with Gasteiger partial charge in [0.1, 0.15) is 11.6 Å². The number of hydrogen-bond acceptors (Lipinski definition) is 1. The van der Waals surface area contributed by atoms with Crippen LogP contribution in [0.15, 0.2) is 18.2 Å². The Morgan fingerprint density at radius 1 is 1.12 bits per heavy atom. The Bertz CT molecular complexity index is 456. The molecule has 3 fully saturated rings. The van der Waals surface area contributed by atoms with Gasteiger partial charge in [0.2, 0.25) is 0 Å². The second kappa shape index (κ2) is 2.62. The number of benzene rings is 1. The molecule has 84 valence electrons. The normalized spacial score (nSPS) is 35.1. The van der Waals surface area contributed by atoms with E-state index in [1.165, 1.54) is 12.1 Å². The van der Waals surface area contributed by atoms with Crippen molar-refractivity contribution in [1.29, 1.82) is 0 Å². The molecule has 1 aromatic rings. The lowest BCUT2D eigenvalue weighted by molar-refractivity contribution is -0.194. The maximum Gasteiger partial charge on any atom is 0.309 e. The molecule has 0 unspecified atom stereocenters. The summed E-state index contributed by atoms with van der Waals surface area (Å²) in [6.45, 7) is 0. The largest absolute Gasteiger partial charge is 0.481 e. The Morgan fingerprint density at radius 2 is 1.62 bits per heavy atom. The Balaban J connectivity index is 1.90. The van der Waals surface area contributed by atoms with Gasteiger partial charge in [-0.05, 0) is 42.4 Å². The third-order valence-corrected chi connectivity index (χ3v) is 3.96. The van der Waals surface area contributed by atoms with Gasteiger partial charge in [-0.3, -0.25) is 4.79 Å². The van der Waals surface area contributed by atoms with Crippen molar-refractivity contribution in [2.45, 2.75) is 24.7 Å². The van der Waals surface area contributed by atoms with Crippen molar-refractivity contribution in [2.75, 3.05) is 0 Å². The minimum atomic E-state index is -0.786. The lowest BCUT2D eigenvalue weighted by Crippen LogP contribution is -2.67. The number of carboxylic acids is 1. The quantitative estimate of drug-likeness (QED) is 0.837. The van der Waals surface area contributed by atoms with Gasteiger partial charge in [-0.25, -0.2) is 8.78 Å². The van der Waals surface area contributed by atoms with Crippen LogP contribution in [-0.4, -0.2) is 11.1 Å². The molecule has 3 aliphatic carbocycles. The first-order valence-electron chi connectivity index (χ1n) is 5.16. The fourth-order valence-corrected chi connectivity index (χ4v) is 3.18. The number of halogens is 2. The van der Waals surface area contributed by atoms with Crippen LogP contribution in [0, 0.1) is 17.0 Å². The van der Waals surface area contributed by atoms with Crippen LogP contribution in [-0.2, 0) is 10.2 Å². The zero-order chi connectivity index (χ0) is 11.6. The third kappa shape index (κ3) is 1.02. The number of carboxylic acid groups (broad SMARTS) is 1. The summed E-state index contributed by atoms with van der Waals surface area (Å²) in [7, 11) is 0. The van der Waals surface area contributed by atoms with E-state index in [1.54, 1.807) is 0 Å². The Labute approximate surface area is 90.9 Å². The van der Waals surface area contributed by atoms with E-state index < -0.39 is 23.0 Å². The highest BCUT2D eigenvalue weighted by atomic mass is 19.1. The minimum Gasteiger partial charge on any atom is -0.481 e. The van der Waals surface area contributed by atoms with Gasteiger partial charge in [-0.2, -0.15) is 0 Å². The summed E-state index contributed by atoms with van der Waals surface area (Å²) in [6.07, 6.45) is 1.54. The molecule has 16 heavy (non-hydrogen) atoms. The highest BCUT2D eigenvalue weighted by Crippen LogP contribution is 2.73. The van der Waals surface area contributed by atoms with E-state index in [0.717, 1.165) is 6.07 Å². The second-order valence-electron chi connectivity index (χ2n) is 5.05. The molecule has 2 bridgehead atoms. The standard InChI is InChI=1S/C12H10F2O2/c13-8-1-7(2-9(14)3-8)11-4-12(5-11,6-11)10(15)16/h1-3H,4-6H2,(H,15,16). The van der Waals surface area contributed by atoms with Gasteiger partial charge in [0.15, 0.2) is 0 Å². The summed E-state index contributed by atoms with van der Waals surface area (Å²) in [5.41, 5.74) is -0.280. The molecule has 0 aliphatic heterocycles. The maximum absolute atomic E-state index is 13.0. The van der Waals surface area contributed by atoms with E-state index in [-0.39, 0.29) is 5.41 Å². The van der Waals surface area contributed by atoms with Crippen molar-refractivity contribution >= 4 is 5.97 Å². The number of hydrogen-bond donors (Lipinski definition) is 1. The Morgan fingerprint density at radius 3 is 2.06 bits per heavy atom. The summed E-state index contributed by atoms with van der Waals surface area (Å²) in [5.74, 6) is -1.97. The van der Waals surface area contributed by atoms with Gasteiger partial charge in [0, 0.05) is 6.07 Å². The van der Waals surface area contributed by atoms with Crippen LogP contribution in [0.4, 0.5) is 8.78 Å². The molecule has 0 amide bonds. The predicted molar refractivity (Wildman–Crippen MR) is 52.0 cm³/mol. The van der Waals surface area contributed by atoms with E-state index in [9.17, 15) is 13.6 Å². The fraction of sp³-hybridized carbons (Fsp3) is 0.417. The lowest BCUT2D eigenvalue weighted by atomic mass is 9.33. The zero-order valence-electron chi connectivity index (χ0n) is 8.46. The van der Waals surface area contributed by atoms with Gasteiger partial charge < -0.3 is 5.11 Å². The molecule has 4 rings (SSSR count). The highest BCUT2D eigenvalue weighted by Gasteiger charge is 2.72. The maximum atomic E-state index is 13.0. The summed E-state index contributed by atoms with van der Waals surface area (Å²) in [4.78, 5) is 10.9. The number of rotatable bonds is 2. The molecule has 0 atom stereocenters. The number of carbonyl (C=O) groups is 1. The van der Waals surface area contributed by atoms with Crippen LogP contribution in [0.5, 0.6) is 0 Å². The van der Waals surface area contributed by atoms with Crippen molar-refractivity contribution in [3.8, 4) is 0 Å². The Kier molecular flexibility index (Phi) is 1.60. The van der Waals surface area contributed by atoms with Crippen LogP contribution in [0.2, 0.25) is 0 Å². The average molecular weight is 224 g/mol. The fourth-order valence-electron chi connectivity index (χ4n) is 3.18. The van der Waals surface area contributed by atoms with Gasteiger partial charge in [0.05, 0.1) is 5.41 Å². The van der Waals surface area contributed by atoms with Crippen LogP contribution in [0.3, 0.4) is 0 Å². The molecule has 1 aromatic carbocycles. The average Bonchev–Trinajstić information content (AvgIpc) is 1.94. The summed E-state index contributed by atoms with van der Waals surface area (Å²) in [5, 5.41) is 8.95. The number of aliphatic carboxylic acids is 1. The molecular weight excluding hydrogens is 214 g/mol. The molecule has 1 N–H and O–H groups in total. The summed E-state index contributed by atoms with van der Waals surface area (Å²) in [6, 6.07) is 3.46. The smallest absolute Gasteiger partial charge is 0.309 e. The lowest BCUT2D eigenvalue weighted by Gasteiger charge is -2.68. The van der Waals surface area contributed by atoms with Crippen molar-refractivity contribution in [1.82, 2.24) is 0 Å². The molecule has 3 saturated carbocycles. The molecule has 0 saturated heterocycles. The van der Waals surface area contributed by atoms with E-state index in [1.807, 2.05) is 0 Å². The molecular formula is C12H10F2O2. The van der Waals surface area contributed by atoms with Gasteiger partial charge in [-0.15, -0.1) is 0 Å². The van der Waals surface area contributed by atoms with Gasteiger partial charge >= 0.3 is 5.97 Å².